The molecule has 0 saturated carbocycles. The van der Waals surface area contributed by atoms with E-state index in [1.54, 1.807) is 26.0 Å². The maximum absolute atomic E-state index is 12.7. The number of halogens is 1. The minimum atomic E-state index is -0.513. The van der Waals surface area contributed by atoms with E-state index in [2.05, 4.69) is 20.3 Å². The fourth-order valence-corrected chi connectivity index (χ4v) is 4.42. The summed E-state index contributed by atoms with van der Waals surface area (Å²) in [5.41, 5.74) is 3.51. The predicted molar refractivity (Wildman–Crippen MR) is 126 cm³/mol. The maximum atomic E-state index is 12.7. The van der Waals surface area contributed by atoms with Crippen LogP contribution in [0.5, 0.6) is 0 Å². The summed E-state index contributed by atoms with van der Waals surface area (Å²) >= 11 is 7.20. The highest BCUT2D eigenvalue weighted by atomic mass is 35.5. The Hall–Kier alpha value is -3.82. The van der Waals surface area contributed by atoms with Crippen LogP contribution in [-0.2, 0) is 11.3 Å². The summed E-state index contributed by atoms with van der Waals surface area (Å²) in [4.78, 5) is 17.6. The topological polar surface area (TPSA) is 104 Å². The highest BCUT2D eigenvalue weighted by Crippen LogP contribution is 2.33. The van der Waals surface area contributed by atoms with E-state index in [1.165, 1.54) is 11.3 Å². The van der Waals surface area contributed by atoms with Gasteiger partial charge < -0.3 is 13.7 Å². The van der Waals surface area contributed by atoms with E-state index in [-0.39, 0.29) is 18.4 Å². The third kappa shape index (κ3) is 4.35. The van der Waals surface area contributed by atoms with E-state index >= 15 is 0 Å². The lowest BCUT2D eigenvalue weighted by Crippen LogP contribution is -2.05. The fraction of sp³-hybridized carbons (Fsp3) is 0.125. The van der Waals surface area contributed by atoms with E-state index in [1.807, 2.05) is 42.5 Å². The van der Waals surface area contributed by atoms with Crippen molar-refractivity contribution < 1.29 is 18.5 Å². The first kappa shape index (κ1) is 22.0. The summed E-state index contributed by atoms with van der Waals surface area (Å²) in [5, 5.41) is 13.6. The van der Waals surface area contributed by atoms with E-state index in [4.69, 9.17) is 25.3 Å². The number of benzene rings is 2. The van der Waals surface area contributed by atoms with Gasteiger partial charge in [0.05, 0.1) is 5.69 Å². The second-order valence-electron chi connectivity index (χ2n) is 7.35. The number of carbonyl (C=O) groups is 1. The molecule has 0 aliphatic rings. The lowest BCUT2D eigenvalue weighted by Gasteiger charge is -2.00. The first-order valence-corrected chi connectivity index (χ1v) is 11.4. The number of rotatable bonds is 6. The summed E-state index contributed by atoms with van der Waals surface area (Å²) in [6, 6.07) is 16.8. The van der Waals surface area contributed by atoms with Crippen LogP contribution in [0.1, 0.15) is 27.0 Å². The van der Waals surface area contributed by atoms with Crippen LogP contribution < -0.4 is 0 Å². The predicted octanol–water partition coefficient (Wildman–Crippen LogP) is 6.14. The van der Waals surface area contributed by atoms with Crippen LogP contribution >= 0.6 is 22.9 Å². The Morgan fingerprint density at radius 1 is 1.03 bits per heavy atom. The average Bonchev–Trinajstić information content (AvgIpc) is 3.57. The normalized spacial score (nSPS) is 11.0. The molecule has 34 heavy (non-hydrogen) atoms. The van der Waals surface area contributed by atoms with Crippen LogP contribution in [0.4, 0.5) is 0 Å². The number of hydrogen-bond acceptors (Lipinski definition) is 9. The molecule has 3 heterocycles. The Morgan fingerprint density at radius 2 is 1.79 bits per heavy atom. The zero-order valence-corrected chi connectivity index (χ0v) is 19.7. The highest BCUT2D eigenvalue weighted by Gasteiger charge is 2.23. The molecule has 3 aromatic heterocycles. The number of aromatic nitrogens is 4. The number of thiazole rings is 1. The molecule has 2 aromatic carbocycles. The third-order valence-corrected chi connectivity index (χ3v) is 6.43. The van der Waals surface area contributed by atoms with Crippen molar-refractivity contribution in [2.24, 2.45) is 0 Å². The van der Waals surface area contributed by atoms with Gasteiger partial charge >= 0.3 is 5.97 Å². The molecular weight excluding hydrogens is 476 g/mol. The molecule has 0 saturated heterocycles. The van der Waals surface area contributed by atoms with Gasteiger partial charge in [0.15, 0.2) is 6.61 Å². The molecule has 0 radical (unpaired) electrons. The van der Waals surface area contributed by atoms with Crippen LogP contribution in [0.3, 0.4) is 0 Å². The Morgan fingerprint density at radius 3 is 2.56 bits per heavy atom. The van der Waals surface area contributed by atoms with E-state index in [0.29, 0.717) is 37.6 Å². The Bertz CT molecular complexity index is 1460. The van der Waals surface area contributed by atoms with Crippen LogP contribution in [0.25, 0.3) is 33.3 Å². The van der Waals surface area contributed by atoms with Crippen molar-refractivity contribution in [3.05, 3.63) is 81.8 Å². The van der Waals surface area contributed by atoms with Gasteiger partial charge in [-0.25, -0.2) is 9.78 Å². The molecule has 170 valence electrons. The van der Waals surface area contributed by atoms with Crippen LogP contribution in [0.15, 0.2) is 63.5 Å². The molecule has 0 amide bonds. The zero-order chi connectivity index (χ0) is 23.7. The minimum absolute atomic E-state index is 0.156. The Kier molecular flexibility index (Phi) is 5.95. The molecule has 5 aromatic rings. The molecule has 0 spiro atoms. The monoisotopic (exact) mass is 492 g/mol. The van der Waals surface area contributed by atoms with E-state index in [0.717, 1.165) is 11.1 Å². The van der Waals surface area contributed by atoms with E-state index < -0.39 is 5.97 Å². The SMILES string of the molecule is Cc1nc(-c2ccc(Cl)cc2)sc1C(=O)OCc1nnc(-c2c(-c3ccccc3)noc2C)o1. The number of esters is 1. The molecule has 0 aliphatic heterocycles. The Labute approximate surface area is 203 Å². The van der Waals surface area contributed by atoms with Gasteiger partial charge in [-0.1, -0.05) is 59.2 Å². The van der Waals surface area contributed by atoms with Crippen molar-refractivity contribution >= 4 is 28.9 Å². The van der Waals surface area contributed by atoms with Gasteiger partial charge in [-0.3, -0.25) is 0 Å². The van der Waals surface area contributed by atoms with Crippen LogP contribution in [-0.4, -0.2) is 26.3 Å². The van der Waals surface area contributed by atoms with Gasteiger partial charge in [0.2, 0.25) is 0 Å². The number of ether oxygens (including phenoxy) is 1. The third-order valence-electron chi connectivity index (χ3n) is 4.99. The minimum Gasteiger partial charge on any atom is -0.451 e. The molecule has 0 atom stereocenters. The van der Waals surface area contributed by atoms with Gasteiger partial charge in [-0.2, -0.15) is 0 Å². The summed E-state index contributed by atoms with van der Waals surface area (Å²) in [6.07, 6.45) is 0. The standard InChI is InChI=1S/C24H17ClN4O4S/c1-13-21(34-23(26-13)16-8-10-17(25)11-9-16)24(30)31-12-18-27-28-22(32-18)19-14(2)33-29-20(19)15-6-4-3-5-7-15/h3-11H,12H2,1-2H3. The van der Waals surface area contributed by atoms with Crippen LogP contribution in [0, 0.1) is 13.8 Å². The molecule has 0 bridgehead atoms. The molecule has 0 N–H and O–H groups in total. The average molecular weight is 493 g/mol. The lowest BCUT2D eigenvalue weighted by atomic mass is 10.1. The summed E-state index contributed by atoms with van der Waals surface area (Å²) < 4.78 is 16.5. The summed E-state index contributed by atoms with van der Waals surface area (Å²) in [6.45, 7) is 3.35. The van der Waals surface area contributed by atoms with Crippen molar-refractivity contribution in [3.63, 3.8) is 0 Å². The lowest BCUT2D eigenvalue weighted by molar-refractivity contribution is 0.0443. The number of nitrogens with zero attached hydrogens (tertiary/aromatic N) is 4. The summed E-state index contributed by atoms with van der Waals surface area (Å²) in [7, 11) is 0. The quantitative estimate of drug-likeness (QED) is 0.260. The first-order chi connectivity index (χ1) is 16.5. The van der Waals surface area contributed by atoms with Gasteiger partial charge in [-0.05, 0) is 26.0 Å². The molecule has 0 unspecified atom stereocenters. The first-order valence-electron chi connectivity index (χ1n) is 10.2. The zero-order valence-electron chi connectivity index (χ0n) is 18.1. The van der Waals surface area contributed by atoms with Crippen molar-refractivity contribution in [2.45, 2.75) is 20.5 Å². The Balaban J connectivity index is 1.31. The highest BCUT2D eigenvalue weighted by molar-refractivity contribution is 7.17. The number of hydrogen-bond donors (Lipinski definition) is 0. The van der Waals surface area contributed by atoms with Gasteiger partial charge in [0, 0.05) is 16.1 Å². The molecule has 10 heteroatoms. The maximum Gasteiger partial charge on any atom is 0.350 e. The number of carbonyl (C=O) groups excluding carboxylic acids is 1. The molecule has 0 aliphatic carbocycles. The van der Waals surface area contributed by atoms with E-state index in [9.17, 15) is 4.79 Å². The summed E-state index contributed by atoms with van der Waals surface area (Å²) in [5.74, 6) is 0.424. The van der Waals surface area contributed by atoms with Gasteiger partial charge in [0.25, 0.3) is 11.8 Å². The van der Waals surface area contributed by atoms with Crippen molar-refractivity contribution in [2.75, 3.05) is 0 Å². The molecule has 5 rings (SSSR count). The van der Waals surface area contributed by atoms with Crippen molar-refractivity contribution in [1.29, 1.82) is 0 Å². The molecule has 8 nitrogen and oxygen atoms in total. The van der Waals surface area contributed by atoms with Gasteiger partial charge in [0.1, 0.15) is 26.9 Å². The molecule has 0 fully saturated rings. The molecular formula is C24H17ClN4O4S. The van der Waals surface area contributed by atoms with Crippen molar-refractivity contribution in [1.82, 2.24) is 20.3 Å². The smallest absolute Gasteiger partial charge is 0.350 e. The second-order valence-corrected chi connectivity index (χ2v) is 8.78. The van der Waals surface area contributed by atoms with Crippen LogP contribution in [0.2, 0.25) is 5.02 Å². The second kappa shape index (κ2) is 9.20. The largest absolute Gasteiger partial charge is 0.451 e. The number of aryl methyl sites for hydroxylation is 2. The fourth-order valence-electron chi connectivity index (χ4n) is 3.32. The van der Waals surface area contributed by atoms with Crippen molar-refractivity contribution in [3.8, 4) is 33.3 Å². The van der Waals surface area contributed by atoms with Gasteiger partial charge in [-0.15, -0.1) is 21.5 Å².